The summed E-state index contributed by atoms with van der Waals surface area (Å²) in [4.78, 5) is 13.3. The number of aliphatic hydroxyl groups is 11. The summed E-state index contributed by atoms with van der Waals surface area (Å²) in [6, 6.07) is -0.966. The third-order valence-electron chi connectivity index (χ3n) is 15.6. The fourth-order valence-electron chi connectivity index (χ4n) is 10.5. The van der Waals surface area contributed by atoms with Crippen molar-refractivity contribution in [2.75, 3.05) is 26.4 Å². The van der Waals surface area contributed by atoms with Crippen molar-refractivity contribution in [3.8, 4) is 0 Å². The molecule has 0 aromatic rings. The van der Waals surface area contributed by atoms with Crippen LogP contribution in [-0.2, 0) is 33.2 Å². The van der Waals surface area contributed by atoms with Gasteiger partial charge in [-0.05, 0) is 19.3 Å². The zero-order valence-corrected chi connectivity index (χ0v) is 47.2. The maximum Gasteiger partial charge on any atom is 0.220 e. The Morgan fingerprint density at radius 3 is 1.22 bits per heavy atom. The molecule has 17 unspecified atom stereocenters. The molecule has 3 rings (SSSR count). The number of hydrogen-bond acceptors (Lipinski definition) is 18. The minimum Gasteiger partial charge on any atom is -0.394 e. The van der Waals surface area contributed by atoms with E-state index in [4.69, 9.17) is 28.4 Å². The van der Waals surface area contributed by atoms with Crippen molar-refractivity contribution in [3.05, 3.63) is 12.2 Å². The Morgan fingerprint density at radius 2 is 0.805 bits per heavy atom. The molecule has 0 saturated carbocycles. The van der Waals surface area contributed by atoms with Crippen LogP contribution in [0.1, 0.15) is 219 Å². The summed E-state index contributed by atoms with van der Waals surface area (Å²) in [5, 5.41) is 120. The summed E-state index contributed by atoms with van der Waals surface area (Å²) in [6.45, 7) is 1.72. The van der Waals surface area contributed by atoms with Crippen LogP contribution in [0.15, 0.2) is 12.2 Å². The Balaban J connectivity index is 1.46. The molecular formula is C58H109NO18. The van der Waals surface area contributed by atoms with Gasteiger partial charge < -0.3 is 89.9 Å². The second-order valence-electron chi connectivity index (χ2n) is 22.2. The number of ether oxygens (including phenoxy) is 6. The summed E-state index contributed by atoms with van der Waals surface area (Å²) in [7, 11) is 0. The van der Waals surface area contributed by atoms with Gasteiger partial charge in [0.15, 0.2) is 18.9 Å². The van der Waals surface area contributed by atoms with Gasteiger partial charge in [0.25, 0.3) is 0 Å². The van der Waals surface area contributed by atoms with E-state index in [1.807, 2.05) is 6.08 Å². The highest BCUT2D eigenvalue weighted by molar-refractivity contribution is 5.76. The highest BCUT2D eigenvalue weighted by Crippen LogP contribution is 2.33. The van der Waals surface area contributed by atoms with Gasteiger partial charge in [-0.25, -0.2) is 0 Å². The Kier molecular flexibility index (Phi) is 38.4. The summed E-state index contributed by atoms with van der Waals surface area (Å²) < 4.78 is 34.2. The lowest BCUT2D eigenvalue weighted by Gasteiger charge is -2.48. The van der Waals surface area contributed by atoms with Crippen LogP contribution in [0, 0.1) is 0 Å². The second kappa shape index (κ2) is 42.4. The molecule has 19 nitrogen and oxygen atoms in total. The van der Waals surface area contributed by atoms with Crippen molar-refractivity contribution in [1.29, 1.82) is 0 Å². The first-order valence-corrected chi connectivity index (χ1v) is 30.4. The van der Waals surface area contributed by atoms with Gasteiger partial charge in [0.05, 0.1) is 38.6 Å². The summed E-state index contributed by atoms with van der Waals surface area (Å²) in [5.41, 5.74) is 0. The van der Waals surface area contributed by atoms with E-state index in [2.05, 4.69) is 19.2 Å². The lowest BCUT2D eigenvalue weighted by Crippen LogP contribution is -2.66. The van der Waals surface area contributed by atoms with E-state index in [0.29, 0.717) is 6.42 Å². The number of carbonyl (C=O) groups excluding carboxylic acids is 1. The molecule has 3 fully saturated rings. The maximum absolute atomic E-state index is 13.3. The first-order valence-electron chi connectivity index (χ1n) is 30.4. The second-order valence-corrected chi connectivity index (χ2v) is 22.2. The topological polar surface area (TPSA) is 307 Å². The Bertz CT molecular complexity index is 1460. The molecule has 0 aromatic carbocycles. The lowest BCUT2D eigenvalue weighted by molar-refractivity contribution is -0.379. The molecule has 3 aliphatic heterocycles. The Labute approximate surface area is 461 Å². The average Bonchev–Trinajstić information content (AvgIpc) is 3.42. The van der Waals surface area contributed by atoms with Gasteiger partial charge in [0.2, 0.25) is 5.91 Å². The molecule has 3 saturated heterocycles. The fraction of sp³-hybridized carbons (Fsp3) is 0.948. The van der Waals surface area contributed by atoms with Crippen LogP contribution >= 0.6 is 0 Å². The average molecular weight is 1110 g/mol. The number of nitrogens with one attached hydrogen (secondary N) is 1. The van der Waals surface area contributed by atoms with Crippen LogP contribution in [0.5, 0.6) is 0 Å². The van der Waals surface area contributed by atoms with E-state index < -0.39 is 124 Å². The number of allylic oxidation sites excluding steroid dienone is 1. The highest BCUT2D eigenvalue weighted by Gasteiger charge is 2.53. The number of hydrogen-bond donors (Lipinski definition) is 12. The minimum absolute atomic E-state index is 0.249. The van der Waals surface area contributed by atoms with E-state index in [1.165, 1.54) is 148 Å². The SMILES string of the molecule is CCCCCCCCCCC/C=C/C(O)C(COC1OC(CO)C(OC2OC(CO)C(OC3OC(CO)C(O)C(O)C3O)C(O)C2O)C(O)C1O)NC(=O)CCCCCCCCCCCCCCCCCCCCCCC. The van der Waals surface area contributed by atoms with Crippen LogP contribution in [0.3, 0.4) is 0 Å². The zero-order valence-electron chi connectivity index (χ0n) is 47.2. The van der Waals surface area contributed by atoms with Crippen molar-refractivity contribution < 1.29 is 89.4 Å². The van der Waals surface area contributed by atoms with Gasteiger partial charge in [-0.1, -0.05) is 206 Å². The van der Waals surface area contributed by atoms with Gasteiger partial charge in [-0.2, -0.15) is 0 Å². The van der Waals surface area contributed by atoms with Crippen molar-refractivity contribution in [3.63, 3.8) is 0 Å². The normalized spacial score (nSPS) is 30.7. The van der Waals surface area contributed by atoms with E-state index in [-0.39, 0.29) is 18.9 Å². The minimum atomic E-state index is -1.97. The quantitative estimate of drug-likeness (QED) is 0.0269. The van der Waals surface area contributed by atoms with Crippen molar-refractivity contribution in [2.24, 2.45) is 0 Å². The Hall–Kier alpha value is -1.47. The summed E-state index contributed by atoms with van der Waals surface area (Å²) in [6.07, 6.45) is 14.9. The van der Waals surface area contributed by atoms with Crippen LogP contribution in [0.4, 0.5) is 0 Å². The molecule has 0 radical (unpaired) electrons. The third-order valence-corrected chi connectivity index (χ3v) is 15.6. The molecule has 0 bridgehead atoms. The van der Waals surface area contributed by atoms with Gasteiger partial charge >= 0.3 is 0 Å². The molecule has 12 N–H and O–H groups in total. The lowest BCUT2D eigenvalue weighted by atomic mass is 9.96. The maximum atomic E-state index is 13.3. The van der Waals surface area contributed by atoms with Gasteiger partial charge in [0.1, 0.15) is 73.2 Å². The molecule has 17 atom stereocenters. The molecule has 454 valence electrons. The third kappa shape index (κ3) is 26.5. The zero-order chi connectivity index (χ0) is 56.2. The number of unbranched alkanes of at least 4 members (excludes halogenated alkanes) is 29. The first kappa shape index (κ1) is 69.8. The number of rotatable bonds is 45. The van der Waals surface area contributed by atoms with Crippen molar-refractivity contribution in [2.45, 2.75) is 324 Å². The summed E-state index contributed by atoms with van der Waals surface area (Å²) >= 11 is 0. The van der Waals surface area contributed by atoms with Gasteiger partial charge in [-0.3, -0.25) is 4.79 Å². The van der Waals surface area contributed by atoms with E-state index in [9.17, 15) is 61.0 Å². The molecule has 0 aromatic heterocycles. The smallest absolute Gasteiger partial charge is 0.220 e. The van der Waals surface area contributed by atoms with Gasteiger partial charge in [-0.15, -0.1) is 0 Å². The first-order chi connectivity index (χ1) is 37.3. The van der Waals surface area contributed by atoms with Crippen molar-refractivity contribution >= 4 is 5.91 Å². The highest BCUT2D eigenvalue weighted by atomic mass is 16.8. The largest absolute Gasteiger partial charge is 0.394 e. The predicted octanol–water partition coefficient (Wildman–Crippen LogP) is 5.38. The van der Waals surface area contributed by atoms with E-state index >= 15 is 0 Å². The van der Waals surface area contributed by atoms with Crippen LogP contribution < -0.4 is 5.32 Å². The van der Waals surface area contributed by atoms with E-state index in [0.717, 1.165) is 44.9 Å². The molecule has 0 aliphatic carbocycles. The number of carbonyl (C=O) groups is 1. The van der Waals surface area contributed by atoms with Crippen LogP contribution in [-0.4, -0.2) is 193 Å². The summed E-state index contributed by atoms with van der Waals surface area (Å²) in [5.74, 6) is -0.273. The van der Waals surface area contributed by atoms with Crippen LogP contribution in [0.2, 0.25) is 0 Å². The molecule has 77 heavy (non-hydrogen) atoms. The molecule has 3 aliphatic rings. The van der Waals surface area contributed by atoms with Crippen molar-refractivity contribution in [1.82, 2.24) is 5.32 Å². The predicted molar refractivity (Wildman–Crippen MR) is 291 cm³/mol. The fourth-order valence-corrected chi connectivity index (χ4v) is 10.5. The number of amides is 1. The van der Waals surface area contributed by atoms with E-state index in [1.54, 1.807) is 6.08 Å². The molecular weight excluding hydrogens is 999 g/mol. The molecule has 19 heteroatoms. The molecule has 3 heterocycles. The number of aliphatic hydroxyl groups excluding tert-OH is 11. The molecule has 0 spiro atoms. The Morgan fingerprint density at radius 1 is 0.455 bits per heavy atom. The van der Waals surface area contributed by atoms with Crippen LogP contribution in [0.25, 0.3) is 0 Å². The molecule has 1 amide bonds. The monoisotopic (exact) mass is 1110 g/mol. The van der Waals surface area contributed by atoms with Gasteiger partial charge in [0, 0.05) is 6.42 Å². The standard InChI is InChI=1S/C58H109NO18/c1-3-5-7-9-11-13-15-16-17-18-19-20-21-22-23-24-26-28-30-32-34-36-46(64)59-41(42(63)35-33-31-29-27-25-14-12-10-8-6-4-2)40-72-56-52(70)49(67)54(44(38-61)74-56)77-58-53(71)50(68)55(45(39-62)75-58)76-57-51(69)48(66)47(65)43(37-60)73-57/h33,35,41-45,47-58,60-63,65-71H,3-32,34,36-40H2,1-2H3,(H,59,64)/b35-33+.